The van der Waals surface area contributed by atoms with Gasteiger partial charge in [0, 0.05) is 13.1 Å². The molecule has 0 bridgehead atoms. The number of aromatic nitrogens is 2. The lowest BCUT2D eigenvalue weighted by Crippen LogP contribution is -2.42. The van der Waals surface area contributed by atoms with Crippen LogP contribution in [-0.4, -0.2) is 46.0 Å². The fourth-order valence-electron chi connectivity index (χ4n) is 3.36. The van der Waals surface area contributed by atoms with Crippen molar-refractivity contribution < 1.29 is 18.7 Å². The van der Waals surface area contributed by atoms with Crippen molar-refractivity contribution in [1.29, 1.82) is 0 Å². The summed E-state index contributed by atoms with van der Waals surface area (Å²) in [5, 5.41) is 0.0586. The van der Waals surface area contributed by atoms with Gasteiger partial charge in [-0.1, -0.05) is 6.92 Å². The predicted octanol–water partition coefficient (Wildman–Crippen LogP) is 1.73. The molecule has 26 heavy (non-hydrogen) atoms. The maximum Gasteiger partial charge on any atom is 0.342 e. The van der Waals surface area contributed by atoms with Crippen LogP contribution in [-0.2, 0) is 16.1 Å². The van der Waals surface area contributed by atoms with Gasteiger partial charge in [-0.15, -0.1) is 0 Å². The average molecular weight is 361 g/mol. The van der Waals surface area contributed by atoms with E-state index in [2.05, 4.69) is 11.9 Å². The van der Waals surface area contributed by atoms with Crippen LogP contribution in [0.4, 0.5) is 0 Å². The van der Waals surface area contributed by atoms with Crippen molar-refractivity contribution in [3.8, 4) is 0 Å². The number of ether oxygens (including phenoxy) is 1. The van der Waals surface area contributed by atoms with Crippen LogP contribution in [0.3, 0.4) is 0 Å². The molecule has 8 heteroatoms. The molecule has 0 radical (unpaired) electrons. The molecule has 0 N–H and O–H groups in total. The van der Waals surface area contributed by atoms with E-state index in [1.165, 1.54) is 10.9 Å². The summed E-state index contributed by atoms with van der Waals surface area (Å²) >= 11 is 0. The molecule has 0 spiro atoms. The molecular formula is C18H23N3O5. The van der Waals surface area contributed by atoms with Gasteiger partial charge in [-0.3, -0.25) is 14.2 Å². The number of carbonyl (C=O) groups is 2. The van der Waals surface area contributed by atoms with Crippen molar-refractivity contribution in [3.63, 3.8) is 0 Å². The van der Waals surface area contributed by atoms with Crippen molar-refractivity contribution in [3.05, 3.63) is 28.0 Å². The number of hydrogen-bond acceptors (Lipinski definition) is 6. The first-order valence-corrected chi connectivity index (χ1v) is 8.85. The molecular weight excluding hydrogens is 338 g/mol. The molecule has 1 unspecified atom stereocenters. The lowest BCUT2D eigenvalue weighted by atomic mass is 10.0. The Bertz CT molecular complexity index is 898. The van der Waals surface area contributed by atoms with Gasteiger partial charge in [0.25, 0.3) is 5.56 Å². The molecule has 140 valence electrons. The summed E-state index contributed by atoms with van der Waals surface area (Å²) in [6.07, 6.45) is 3.36. The van der Waals surface area contributed by atoms with Crippen LogP contribution in [0.1, 0.15) is 42.8 Å². The summed E-state index contributed by atoms with van der Waals surface area (Å²) < 4.78 is 11.6. The molecule has 1 aliphatic heterocycles. The molecule has 1 atom stereocenters. The highest BCUT2D eigenvalue weighted by molar-refractivity contribution is 6.03. The third-order valence-corrected chi connectivity index (χ3v) is 4.65. The zero-order chi connectivity index (χ0) is 18.8. The molecule has 3 rings (SSSR count). The van der Waals surface area contributed by atoms with E-state index in [9.17, 15) is 14.4 Å². The molecule has 0 saturated carbocycles. The number of nitrogens with zero attached hydrogens (tertiary/aromatic N) is 3. The second-order valence-corrected chi connectivity index (χ2v) is 6.70. The number of fused-ring (bicyclic) bond motifs is 1. The number of esters is 1. The summed E-state index contributed by atoms with van der Waals surface area (Å²) in [5.74, 6) is -0.0248. The van der Waals surface area contributed by atoms with Gasteiger partial charge in [0.15, 0.2) is 0 Å². The molecule has 1 saturated heterocycles. The smallest absolute Gasteiger partial charge is 0.342 e. The minimum atomic E-state index is -0.628. The first kappa shape index (κ1) is 18.2. The molecule has 2 aromatic heterocycles. The van der Waals surface area contributed by atoms with Crippen LogP contribution in [0.15, 0.2) is 15.5 Å². The molecule has 0 aliphatic carbocycles. The van der Waals surface area contributed by atoms with E-state index < -0.39 is 11.5 Å². The molecule has 1 aliphatic rings. The standard InChI is InChI=1S/C18H23N3O5/c1-4-25-18(24)14-12(3)26-16-15(14)17(23)21(10-19-16)9-13(22)20-7-5-6-11(2)8-20/h10-11H,4-9H2,1-3H3. The van der Waals surface area contributed by atoms with Crippen LogP contribution < -0.4 is 5.56 Å². The van der Waals surface area contributed by atoms with Crippen LogP contribution in [0.25, 0.3) is 11.1 Å². The highest BCUT2D eigenvalue weighted by Crippen LogP contribution is 2.22. The first-order valence-electron chi connectivity index (χ1n) is 8.85. The Labute approximate surface area is 150 Å². The van der Waals surface area contributed by atoms with Crippen molar-refractivity contribution >= 4 is 23.0 Å². The fourth-order valence-corrected chi connectivity index (χ4v) is 3.36. The van der Waals surface area contributed by atoms with Crippen molar-refractivity contribution in [2.45, 2.75) is 40.2 Å². The summed E-state index contributed by atoms with van der Waals surface area (Å²) in [5.41, 5.74) is -0.327. The van der Waals surface area contributed by atoms with Gasteiger partial charge >= 0.3 is 5.97 Å². The predicted molar refractivity (Wildman–Crippen MR) is 93.9 cm³/mol. The van der Waals surface area contributed by atoms with Gasteiger partial charge in [0.2, 0.25) is 11.6 Å². The number of rotatable bonds is 4. The van der Waals surface area contributed by atoms with Crippen LogP contribution in [0, 0.1) is 12.8 Å². The number of carbonyl (C=O) groups excluding carboxylic acids is 2. The van der Waals surface area contributed by atoms with E-state index in [-0.39, 0.29) is 41.5 Å². The number of hydrogen-bond donors (Lipinski definition) is 0. The largest absolute Gasteiger partial charge is 0.462 e. The second-order valence-electron chi connectivity index (χ2n) is 6.70. The van der Waals surface area contributed by atoms with Gasteiger partial charge in [-0.25, -0.2) is 9.78 Å². The summed E-state index contributed by atoms with van der Waals surface area (Å²) in [4.78, 5) is 43.4. The zero-order valence-electron chi connectivity index (χ0n) is 15.3. The van der Waals surface area contributed by atoms with Gasteiger partial charge < -0.3 is 14.1 Å². The zero-order valence-corrected chi connectivity index (χ0v) is 15.3. The monoisotopic (exact) mass is 361 g/mol. The Morgan fingerprint density at radius 1 is 1.42 bits per heavy atom. The number of aryl methyl sites for hydroxylation is 1. The molecule has 1 amide bonds. The van der Waals surface area contributed by atoms with E-state index in [1.54, 1.807) is 18.7 Å². The average Bonchev–Trinajstić information content (AvgIpc) is 2.94. The summed E-state index contributed by atoms with van der Waals surface area (Å²) in [6.45, 7) is 6.85. The van der Waals surface area contributed by atoms with E-state index in [4.69, 9.17) is 9.15 Å². The van der Waals surface area contributed by atoms with E-state index in [0.29, 0.717) is 19.0 Å². The Morgan fingerprint density at radius 2 is 2.19 bits per heavy atom. The van der Waals surface area contributed by atoms with Crippen molar-refractivity contribution in [2.75, 3.05) is 19.7 Å². The van der Waals surface area contributed by atoms with E-state index >= 15 is 0 Å². The van der Waals surface area contributed by atoms with Crippen LogP contribution >= 0.6 is 0 Å². The normalized spacial score (nSPS) is 17.5. The lowest BCUT2D eigenvalue weighted by molar-refractivity contribution is -0.133. The minimum absolute atomic E-state index is 0.0586. The molecule has 0 aromatic carbocycles. The van der Waals surface area contributed by atoms with Gasteiger partial charge in [-0.2, -0.15) is 0 Å². The van der Waals surface area contributed by atoms with Crippen LogP contribution in [0.5, 0.6) is 0 Å². The fraction of sp³-hybridized carbons (Fsp3) is 0.556. The number of amides is 1. The SMILES string of the molecule is CCOC(=O)c1c(C)oc2ncn(CC(=O)N3CCCC(C)C3)c(=O)c12. The molecule has 1 fully saturated rings. The third kappa shape index (κ3) is 3.36. The van der Waals surface area contributed by atoms with Crippen LogP contribution in [0.2, 0.25) is 0 Å². The number of likely N-dealkylation sites (tertiary alicyclic amines) is 1. The second kappa shape index (κ2) is 7.31. The number of furan rings is 1. The molecule has 2 aromatic rings. The first-order chi connectivity index (χ1) is 12.4. The third-order valence-electron chi connectivity index (χ3n) is 4.65. The molecule has 8 nitrogen and oxygen atoms in total. The van der Waals surface area contributed by atoms with Gasteiger partial charge in [-0.05, 0) is 32.6 Å². The topological polar surface area (TPSA) is 94.6 Å². The Hall–Kier alpha value is -2.64. The summed E-state index contributed by atoms with van der Waals surface area (Å²) in [6, 6.07) is 0. The minimum Gasteiger partial charge on any atom is -0.462 e. The van der Waals surface area contributed by atoms with E-state index in [1.807, 2.05) is 0 Å². The highest BCUT2D eigenvalue weighted by atomic mass is 16.5. The highest BCUT2D eigenvalue weighted by Gasteiger charge is 2.25. The Balaban J connectivity index is 1.94. The van der Waals surface area contributed by atoms with E-state index in [0.717, 1.165) is 12.8 Å². The lowest BCUT2D eigenvalue weighted by Gasteiger charge is -2.31. The number of piperidine rings is 1. The van der Waals surface area contributed by atoms with Crippen molar-refractivity contribution in [1.82, 2.24) is 14.5 Å². The maximum atomic E-state index is 12.8. The Morgan fingerprint density at radius 3 is 2.88 bits per heavy atom. The molecule has 3 heterocycles. The van der Waals surface area contributed by atoms with Gasteiger partial charge in [0.05, 0.1) is 6.61 Å². The Kier molecular flexibility index (Phi) is 5.11. The maximum absolute atomic E-state index is 12.8. The van der Waals surface area contributed by atoms with Gasteiger partial charge in [0.1, 0.15) is 29.6 Å². The quantitative estimate of drug-likeness (QED) is 0.770. The summed E-state index contributed by atoms with van der Waals surface area (Å²) in [7, 11) is 0. The van der Waals surface area contributed by atoms with Crippen molar-refractivity contribution in [2.24, 2.45) is 5.92 Å².